The molecule has 4 heteroatoms. The van der Waals surface area contributed by atoms with Crippen LogP contribution >= 0.6 is 0 Å². The van der Waals surface area contributed by atoms with Crippen LogP contribution < -0.4 is 5.32 Å². The molecule has 0 aliphatic heterocycles. The van der Waals surface area contributed by atoms with Crippen molar-refractivity contribution >= 4 is 0 Å². The topological polar surface area (TPSA) is 12.0 Å². The van der Waals surface area contributed by atoms with Gasteiger partial charge in [-0.3, -0.25) is 0 Å². The van der Waals surface area contributed by atoms with Crippen molar-refractivity contribution in [3.8, 4) is 0 Å². The first-order valence-corrected chi connectivity index (χ1v) is 7.90. The molecule has 1 nitrogen and oxygen atoms in total. The molecule has 0 unspecified atom stereocenters. The van der Waals surface area contributed by atoms with Gasteiger partial charge in [-0.05, 0) is 50.6 Å². The highest BCUT2D eigenvalue weighted by atomic mass is 19.1. The Hall–Kier alpha value is -1.03. The summed E-state index contributed by atoms with van der Waals surface area (Å²) in [4.78, 5) is 0. The molecule has 118 valence electrons. The van der Waals surface area contributed by atoms with Gasteiger partial charge in [-0.2, -0.15) is 0 Å². The number of rotatable bonds is 7. The number of hydrogen-bond acceptors (Lipinski definition) is 1. The average Bonchev–Trinajstić information content (AvgIpc) is 2.87. The Morgan fingerprint density at radius 3 is 2.24 bits per heavy atom. The second-order valence-corrected chi connectivity index (χ2v) is 6.16. The average molecular weight is 299 g/mol. The van der Waals surface area contributed by atoms with E-state index < -0.39 is 17.5 Å². The van der Waals surface area contributed by atoms with Crippen LogP contribution in [-0.4, -0.2) is 13.1 Å². The highest BCUT2D eigenvalue weighted by Crippen LogP contribution is 2.44. The maximum atomic E-state index is 13.7. The van der Waals surface area contributed by atoms with Crippen LogP contribution in [-0.2, 0) is 6.42 Å². The summed E-state index contributed by atoms with van der Waals surface area (Å²) in [5, 5.41) is 3.33. The van der Waals surface area contributed by atoms with Crippen LogP contribution in [0.15, 0.2) is 12.1 Å². The first-order valence-electron chi connectivity index (χ1n) is 7.90. The monoisotopic (exact) mass is 299 g/mol. The van der Waals surface area contributed by atoms with E-state index in [1.54, 1.807) is 0 Å². The van der Waals surface area contributed by atoms with Crippen molar-refractivity contribution in [2.45, 2.75) is 51.9 Å². The second-order valence-electron chi connectivity index (χ2n) is 6.16. The van der Waals surface area contributed by atoms with Crippen LogP contribution in [0.1, 0.15) is 51.0 Å². The molecule has 0 amide bonds. The van der Waals surface area contributed by atoms with Gasteiger partial charge in [-0.1, -0.05) is 19.8 Å². The fourth-order valence-corrected chi connectivity index (χ4v) is 3.48. The van der Waals surface area contributed by atoms with E-state index in [-0.39, 0.29) is 11.0 Å². The fraction of sp³-hybridized carbons (Fsp3) is 0.647. The highest BCUT2D eigenvalue weighted by molar-refractivity contribution is 5.21. The summed E-state index contributed by atoms with van der Waals surface area (Å²) in [7, 11) is 0. The van der Waals surface area contributed by atoms with Crippen molar-refractivity contribution < 1.29 is 13.2 Å². The maximum absolute atomic E-state index is 13.7. The molecule has 1 aromatic carbocycles. The van der Waals surface area contributed by atoms with Crippen molar-refractivity contribution in [1.82, 2.24) is 5.32 Å². The van der Waals surface area contributed by atoms with E-state index in [0.29, 0.717) is 6.42 Å². The van der Waals surface area contributed by atoms with Crippen LogP contribution in [0.5, 0.6) is 0 Å². The molecule has 1 N–H and O–H groups in total. The Morgan fingerprint density at radius 1 is 1.05 bits per heavy atom. The molecule has 2 rings (SSSR count). The summed E-state index contributed by atoms with van der Waals surface area (Å²) in [6.45, 7) is 3.97. The molecule has 1 aliphatic carbocycles. The van der Waals surface area contributed by atoms with Crippen LogP contribution in [0, 0.1) is 22.9 Å². The minimum Gasteiger partial charge on any atom is -0.317 e. The second kappa shape index (κ2) is 7.30. The molecular formula is C17H24F3N. The van der Waals surface area contributed by atoms with E-state index in [2.05, 4.69) is 12.2 Å². The summed E-state index contributed by atoms with van der Waals surface area (Å²) < 4.78 is 40.4. The quantitative estimate of drug-likeness (QED) is 0.726. The molecule has 1 aromatic rings. The predicted molar refractivity (Wildman–Crippen MR) is 78.7 cm³/mol. The molecule has 0 bridgehead atoms. The zero-order chi connectivity index (χ0) is 15.3. The Kier molecular flexibility index (Phi) is 5.68. The van der Waals surface area contributed by atoms with Crippen molar-refractivity contribution in [2.75, 3.05) is 13.1 Å². The van der Waals surface area contributed by atoms with Crippen molar-refractivity contribution in [2.24, 2.45) is 5.41 Å². The van der Waals surface area contributed by atoms with E-state index in [1.807, 2.05) is 0 Å². The Balaban J connectivity index is 2.02. The zero-order valence-electron chi connectivity index (χ0n) is 12.7. The lowest BCUT2D eigenvalue weighted by Crippen LogP contribution is -2.25. The molecule has 0 saturated heterocycles. The van der Waals surface area contributed by atoms with Gasteiger partial charge in [0.25, 0.3) is 0 Å². The van der Waals surface area contributed by atoms with Gasteiger partial charge >= 0.3 is 0 Å². The van der Waals surface area contributed by atoms with Gasteiger partial charge in [-0.15, -0.1) is 0 Å². The Labute approximate surface area is 124 Å². The third kappa shape index (κ3) is 4.22. The molecule has 0 radical (unpaired) electrons. The minimum absolute atomic E-state index is 0.0334. The van der Waals surface area contributed by atoms with E-state index >= 15 is 0 Å². The van der Waals surface area contributed by atoms with E-state index in [1.165, 1.54) is 12.8 Å². The number of nitrogens with one attached hydrogen (secondary N) is 1. The normalized spacial score (nSPS) is 17.3. The summed E-state index contributed by atoms with van der Waals surface area (Å²) in [6, 6.07) is 1.55. The number of benzene rings is 1. The first-order chi connectivity index (χ1) is 10.1. The van der Waals surface area contributed by atoms with Crippen LogP contribution in [0.25, 0.3) is 0 Å². The molecule has 21 heavy (non-hydrogen) atoms. The molecule has 0 spiro atoms. The molecule has 1 saturated carbocycles. The summed E-state index contributed by atoms with van der Waals surface area (Å²) in [6.07, 6.45) is 6.82. The Bertz CT molecular complexity index is 444. The van der Waals surface area contributed by atoms with E-state index in [9.17, 15) is 13.2 Å². The molecule has 1 aliphatic rings. The zero-order valence-corrected chi connectivity index (χ0v) is 12.7. The SMILES string of the molecule is CCNCCC1(CCc2c(F)cc(F)cc2F)CCCC1. The van der Waals surface area contributed by atoms with Gasteiger partial charge in [0.15, 0.2) is 0 Å². The van der Waals surface area contributed by atoms with Crippen molar-refractivity contribution in [1.29, 1.82) is 0 Å². The maximum Gasteiger partial charge on any atom is 0.132 e. The minimum atomic E-state index is -0.850. The standard InChI is InChI=1S/C17H24F3N/c1-2-21-10-9-17(6-3-4-7-17)8-5-14-15(19)11-13(18)12-16(14)20/h11-12,21H,2-10H2,1H3. The van der Waals surface area contributed by atoms with Gasteiger partial charge in [0.1, 0.15) is 17.5 Å². The third-order valence-electron chi connectivity index (χ3n) is 4.76. The van der Waals surface area contributed by atoms with Crippen molar-refractivity contribution in [3.05, 3.63) is 35.1 Å². The van der Waals surface area contributed by atoms with Gasteiger partial charge < -0.3 is 5.32 Å². The van der Waals surface area contributed by atoms with Crippen LogP contribution in [0.4, 0.5) is 13.2 Å². The fourth-order valence-electron chi connectivity index (χ4n) is 3.48. The summed E-state index contributed by atoms with van der Waals surface area (Å²) >= 11 is 0. The van der Waals surface area contributed by atoms with Crippen molar-refractivity contribution in [3.63, 3.8) is 0 Å². The predicted octanol–water partition coefficient (Wildman–Crippen LogP) is 4.60. The van der Waals surface area contributed by atoms with Gasteiger partial charge in [-0.25, -0.2) is 13.2 Å². The summed E-state index contributed by atoms with van der Waals surface area (Å²) in [5.74, 6) is -2.36. The molecular weight excluding hydrogens is 275 g/mol. The molecule has 0 aromatic heterocycles. The third-order valence-corrected chi connectivity index (χ3v) is 4.76. The number of hydrogen-bond donors (Lipinski definition) is 1. The van der Waals surface area contributed by atoms with Gasteiger partial charge in [0.05, 0.1) is 0 Å². The highest BCUT2D eigenvalue weighted by Gasteiger charge is 2.33. The lowest BCUT2D eigenvalue weighted by molar-refractivity contribution is 0.244. The van der Waals surface area contributed by atoms with Gasteiger partial charge in [0, 0.05) is 17.7 Å². The van der Waals surface area contributed by atoms with Gasteiger partial charge in [0.2, 0.25) is 0 Å². The number of halogens is 3. The first kappa shape index (κ1) is 16.3. The molecule has 1 fully saturated rings. The molecule has 0 atom stereocenters. The largest absolute Gasteiger partial charge is 0.317 e. The van der Waals surface area contributed by atoms with E-state index in [0.717, 1.165) is 50.9 Å². The van der Waals surface area contributed by atoms with E-state index in [4.69, 9.17) is 0 Å². The smallest absolute Gasteiger partial charge is 0.132 e. The van der Waals surface area contributed by atoms with Crippen LogP contribution in [0.3, 0.4) is 0 Å². The van der Waals surface area contributed by atoms with Crippen LogP contribution in [0.2, 0.25) is 0 Å². The lowest BCUT2D eigenvalue weighted by atomic mass is 9.77. The lowest BCUT2D eigenvalue weighted by Gasteiger charge is -2.29. The molecule has 0 heterocycles. The Morgan fingerprint density at radius 2 is 1.67 bits per heavy atom. The summed E-state index contributed by atoms with van der Waals surface area (Å²) in [5.41, 5.74) is 0.223.